The molecule has 1 aromatic carbocycles. The molecule has 0 radical (unpaired) electrons. The minimum atomic E-state index is -0.0442. The number of guanidine groups is 1. The molecule has 0 bridgehead atoms. The van der Waals surface area contributed by atoms with Gasteiger partial charge in [0.2, 0.25) is 0 Å². The highest BCUT2D eigenvalue weighted by Crippen LogP contribution is 2.37. The first kappa shape index (κ1) is 25.6. The molecule has 2 aliphatic rings. The molecule has 0 spiro atoms. The van der Waals surface area contributed by atoms with Crippen molar-refractivity contribution in [2.75, 3.05) is 52.5 Å². The molecule has 7 nitrogen and oxygen atoms in total. The number of halogens is 1. The predicted octanol–water partition coefficient (Wildman–Crippen LogP) is 3.68. The number of ether oxygens (including phenoxy) is 1. The fraction of sp³-hybridized carbons (Fsp3) is 0.520. The molecule has 0 saturated carbocycles. The molecule has 180 valence electrons. The van der Waals surface area contributed by atoms with Crippen LogP contribution in [0.25, 0.3) is 0 Å². The number of rotatable bonds is 5. The van der Waals surface area contributed by atoms with Crippen LogP contribution in [0.3, 0.4) is 0 Å². The molecule has 2 aliphatic heterocycles. The average molecular weight is 566 g/mol. The third-order valence-corrected chi connectivity index (χ3v) is 6.63. The third-order valence-electron chi connectivity index (χ3n) is 6.63. The van der Waals surface area contributed by atoms with Gasteiger partial charge in [0.15, 0.2) is 11.7 Å². The third kappa shape index (κ3) is 5.90. The van der Waals surface area contributed by atoms with Gasteiger partial charge in [-0.2, -0.15) is 0 Å². The number of benzene rings is 1. The van der Waals surface area contributed by atoms with Gasteiger partial charge in [0.1, 0.15) is 0 Å². The Morgan fingerprint density at radius 3 is 2.39 bits per heavy atom. The zero-order chi connectivity index (χ0) is 22.4. The fourth-order valence-electron chi connectivity index (χ4n) is 4.77. The highest BCUT2D eigenvalue weighted by Gasteiger charge is 2.36. The van der Waals surface area contributed by atoms with Crippen LogP contribution in [-0.4, -0.2) is 74.1 Å². The van der Waals surface area contributed by atoms with Crippen LogP contribution in [0.1, 0.15) is 41.4 Å². The summed E-state index contributed by atoms with van der Waals surface area (Å²) in [5, 5.41) is 3.47. The maximum Gasteiger partial charge on any atom is 0.289 e. The maximum absolute atomic E-state index is 12.6. The number of carbonyl (C=O) groups is 1. The summed E-state index contributed by atoms with van der Waals surface area (Å²) in [7, 11) is 0. The van der Waals surface area contributed by atoms with Gasteiger partial charge >= 0.3 is 0 Å². The molecule has 33 heavy (non-hydrogen) atoms. The first-order chi connectivity index (χ1) is 15.6. The Labute approximate surface area is 213 Å². The number of furan rings is 1. The number of hydrogen-bond donors (Lipinski definition) is 1. The largest absolute Gasteiger partial charge is 0.459 e. The van der Waals surface area contributed by atoms with E-state index in [1.807, 2.05) is 4.90 Å². The van der Waals surface area contributed by atoms with Crippen molar-refractivity contribution in [3.05, 3.63) is 59.5 Å². The van der Waals surface area contributed by atoms with E-state index in [0.717, 1.165) is 58.2 Å². The summed E-state index contributed by atoms with van der Waals surface area (Å²) in [6.07, 6.45) is 3.50. The molecule has 0 atom stereocenters. The summed E-state index contributed by atoms with van der Waals surface area (Å²) in [6.45, 7) is 10.2. The second-order valence-electron chi connectivity index (χ2n) is 8.63. The van der Waals surface area contributed by atoms with Gasteiger partial charge in [-0.25, -0.2) is 0 Å². The Balaban J connectivity index is 0.00000306. The monoisotopic (exact) mass is 566 g/mol. The van der Waals surface area contributed by atoms with E-state index in [1.165, 1.54) is 11.1 Å². The van der Waals surface area contributed by atoms with Crippen molar-refractivity contribution in [2.45, 2.75) is 32.1 Å². The van der Waals surface area contributed by atoms with Gasteiger partial charge in [-0.1, -0.05) is 24.3 Å². The Bertz CT molecular complexity index is 917. The smallest absolute Gasteiger partial charge is 0.289 e. The lowest BCUT2D eigenvalue weighted by Gasteiger charge is -2.39. The second-order valence-corrected chi connectivity index (χ2v) is 8.63. The van der Waals surface area contributed by atoms with Crippen LogP contribution in [0.5, 0.6) is 0 Å². The van der Waals surface area contributed by atoms with E-state index in [4.69, 9.17) is 14.1 Å². The average Bonchev–Trinajstić information content (AvgIpc) is 3.37. The van der Waals surface area contributed by atoms with Crippen LogP contribution in [0.4, 0.5) is 0 Å². The van der Waals surface area contributed by atoms with Crippen molar-refractivity contribution < 1.29 is 13.9 Å². The van der Waals surface area contributed by atoms with Gasteiger partial charge in [0.25, 0.3) is 5.91 Å². The first-order valence-electron chi connectivity index (χ1n) is 11.6. The molecule has 2 saturated heterocycles. The second kappa shape index (κ2) is 11.9. The molecule has 1 aromatic heterocycles. The van der Waals surface area contributed by atoms with Crippen LogP contribution >= 0.6 is 24.0 Å². The lowest BCUT2D eigenvalue weighted by atomic mass is 9.72. The van der Waals surface area contributed by atoms with Crippen LogP contribution < -0.4 is 5.32 Å². The van der Waals surface area contributed by atoms with E-state index < -0.39 is 0 Å². The summed E-state index contributed by atoms with van der Waals surface area (Å²) >= 11 is 0. The summed E-state index contributed by atoms with van der Waals surface area (Å²) in [5.41, 5.74) is 2.71. The SMILES string of the molecule is CCNC(=NCC1(c2ccccc2C)CCOCC1)N1CCN(C(=O)c2ccco2)CC1.I. The minimum absolute atomic E-state index is 0. The highest BCUT2D eigenvalue weighted by atomic mass is 127. The van der Waals surface area contributed by atoms with Crippen LogP contribution in [0.2, 0.25) is 0 Å². The normalized spacial score (nSPS) is 18.5. The molecular formula is C25H35IN4O3. The van der Waals surface area contributed by atoms with Gasteiger partial charge in [0.05, 0.1) is 12.8 Å². The number of aryl methyl sites for hydroxylation is 1. The maximum atomic E-state index is 12.6. The van der Waals surface area contributed by atoms with E-state index in [0.29, 0.717) is 18.8 Å². The molecule has 0 unspecified atom stereocenters. The van der Waals surface area contributed by atoms with E-state index in [2.05, 4.69) is 48.3 Å². The predicted molar refractivity (Wildman–Crippen MR) is 140 cm³/mol. The number of aliphatic imine (C=N–C) groups is 1. The van der Waals surface area contributed by atoms with E-state index >= 15 is 0 Å². The van der Waals surface area contributed by atoms with E-state index in [1.54, 1.807) is 18.4 Å². The van der Waals surface area contributed by atoms with Gasteiger partial charge in [-0.05, 0) is 49.9 Å². The van der Waals surface area contributed by atoms with Gasteiger partial charge in [0, 0.05) is 51.4 Å². The molecule has 3 heterocycles. The number of nitrogens with one attached hydrogen (secondary N) is 1. The van der Waals surface area contributed by atoms with Crippen molar-refractivity contribution in [1.82, 2.24) is 15.1 Å². The van der Waals surface area contributed by atoms with Crippen molar-refractivity contribution in [2.24, 2.45) is 4.99 Å². The van der Waals surface area contributed by atoms with E-state index in [-0.39, 0.29) is 35.3 Å². The van der Waals surface area contributed by atoms with Crippen LogP contribution in [-0.2, 0) is 10.2 Å². The number of carbonyl (C=O) groups excluding carboxylic acids is 1. The van der Waals surface area contributed by atoms with Crippen LogP contribution in [0, 0.1) is 6.92 Å². The summed E-state index contributed by atoms with van der Waals surface area (Å²) in [6, 6.07) is 12.1. The Kier molecular flexibility index (Phi) is 9.19. The Hall–Kier alpha value is -2.07. The van der Waals surface area contributed by atoms with Crippen molar-refractivity contribution in [1.29, 1.82) is 0 Å². The summed E-state index contributed by atoms with van der Waals surface area (Å²) in [5.74, 6) is 1.29. The number of amides is 1. The quantitative estimate of drug-likeness (QED) is 0.340. The number of piperazine rings is 1. The van der Waals surface area contributed by atoms with Gasteiger partial charge in [-0.3, -0.25) is 9.79 Å². The molecule has 8 heteroatoms. The van der Waals surface area contributed by atoms with E-state index in [9.17, 15) is 4.79 Å². The lowest BCUT2D eigenvalue weighted by Crippen LogP contribution is -2.54. The molecule has 4 rings (SSSR count). The number of nitrogens with zero attached hydrogens (tertiary/aromatic N) is 3. The lowest BCUT2D eigenvalue weighted by molar-refractivity contribution is 0.0527. The Morgan fingerprint density at radius 1 is 1.06 bits per heavy atom. The zero-order valence-electron chi connectivity index (χ0n) is 19.6. The summed E-state index contributed by atoms with van der Waals surface area (Å²) < 4.78 is 11.0. The zero-order valence-corrected chi connectivity index (χ0v) is 21.9. The molecule has 1 amide bonds. The number of hydrogen-bond acceptors (Lipinski definition) is 4. The van der Waals surface area contributed by atoms with Crippen molar-refractivity contribution in [3.63, 3.8) is 0 Å². The first-order valence-corrected chi connectivity index (χ1v) is 11.6. The molecule has 2 fully saturated rings. The highest BCUT2D eigenvalue weighted by molar-refractivity contribution is 14.0. The standard InChI is InChI=1S/C25H34N4O3.HI/c1-3-26-24(29-14-12-28(13-15-29)23(30)22-9-6-16-32-22)27-19-25(10-17-31-18-11-25)21-8-5-4-7-20(21)2;/h4-9,16H,3,10-15,17-19H2,1-2H3,(H,26,27);1H. The molecular weight excluding hydrogens is 531 g/mol. The molecule has 1 N–H and O–H groups in total. The topological polar surface area (TPSA) is 70.3 Å². The Morgan fingerprint density at radius 2 is 1.76 bits per heavy atom. The summed E-state index contributed by atoms with van der Waals surface area (Å²) in [4.78, 5) is 21.8. The fourth-order valence-corrected chi connectivity index (χ4v) is 4.77. The minimum Gasteiger partial charge on any atom is -0.459 e. The van der Waals surface area contributed by atoms with Crippen molar-refractivity contribution >= 4 is 35.8 Å². The van der Waals surface area contributed by atoms with Crippen molar-refractivity contribution in [3.8, 4) is 0 Å². The van der Waals surface area contributed by atoms with Gasteiger partial charge < -0.3 is 24.3 Å². The van der Waals surface area contributed by atoms with Crippen LogP contribution in [0.15, 0.2) is 52.1 Å². The molecule has 0 aliphatic carbocycles. The molecule has 2 aromatic rings. The van der Waals surface area contributed by atoms with Gasteiger partial charge in [-0.15, -0.1) is 24.0 Å².